The summed E-state index contributed by atoms with van der Waals surface area (Å²) in [5, 5.41) is 13.0. The van der Waals surface area contributed by atoms with Crippen molar-refractivity contribution in [2.75, 3.05) is 13.2 Å². The Morgan fingerprint density at radius 1 is 1.15 bits per heavy atom. The Morgan fingerprint density at radius 2 is 1.85 bits per heavy atom. The molecule has 0 aromatic heterocycles. The van der Waals surface area contributed by atoms with Gasteiger partial charge < -0.3 is 15.2 Å². The molecule has 0 radical (unpaired) electrons. The van der Waals surface area contributed by atoms with Crippen molar-refractivity contribution in [3.8, 4) is 5.75 Å². The maximum Gasteiger partial charge on any atom is 0.325 e. The van der Waals surface area contributed by atoms with Crippen molar-refractivity contribution >= 4 is 11.9 Å². The van der Waals surface area contributed by atoms with Gasteiger partial charge in [0, 0.05) is 0 Å². The maximum absolute atomic E-state index is 12.8. The number of nitrogens with one attached hydrogen (secondary N) is 1. The van der Waals surface area contributed by atoms with Gasteiger partial charge in [-0.15, -0.1) is 0 Å². The summed E-state index contributed by atoms with van der Waals surface area (Å²) in [4.78, 5) is 26.2. The van der Waals surface area contributed by atoms with E-state index in [1.165, 1.54) is 0 Å². The predicted octanol–water partition coefficient (Wildman–Crippen LogP) is 2.51. The van der Waals surface area contributed by atoms with Gasteiger partial charge in [-0.3, -0.25) is 9.69 Å². The molecule has 1 aliphatic heterocycles. The Bertz CT molecular complexity index is 853. The lowest BCUT2D eigenvalue weighted by Crippen LogP contribution is -2.42. The Morgan fingerprint density at radius 3 is 2.56 bits per heavy atom. The lowest BCUT2D eigenvalue weighted by molar-refractivity contribution is -0.132. The summed E-state index contributed by atoms with van der Waals surface area (Å²) in [6.45, 7) is 5.41. The number of carbonyl (C=O) groups excluding carboxylic acids is 2. The summed E-state index contributed by atoms with van der Waals surface area (Å²) >= 11 is 0. The maximum atomic E-state index is 12.8. The molecule has 6 nitrogen and oxygen atoms in total. The third kappa shape index (κ3) is 3.80. The van der Waals surface area contributed by atoms with E-state index in [-0.39, 0.29) is 19.1 Å². The number of aliphatic hydroxyl groups excluding tert-OH is 1. The number of rotatable bonds is 6. The number of imide groups is 1. The van der Waals surface area contributed by atoms with Crippen LogP contribution in [0.2, 0.25) is 0 Å². The zero-order valence-corrected chi connectivity index (χ0v) is 15.7. The van der Waals surface area contributed by atoms with E-state index < -0.39 is 17.7 Å². The van der Waals surface area contributed by atoms with Crippen molar-refractivity contribution in [1.82, 2.24) is 10.2 Å². The molecule has 142 valence electrons. The molecular formula is C21H24N2O4. The number of β-amino-alcohol motifs (C(OH)–C–C–N with tert-alkyl or cyclic N) is 1. The number of hydrogen-bond donors (Lipinski definition) is 2. The molecule has 3 rings (SSSR count). The van der Waals surface area contributed by atoms with E-state index in [0.29, 0.717) is 11.3 Å². The molecular weight excluding hydrogens is 344 g/mol. The van der Waals surface area contributed by atoms with Crippen LogP contribution in [0.3, 0.4) is 0 Å². The number of amides is 3. The van der Waals surface area contributed by atoms with Gasteiger partial charge in [-0.25, -0.2) is 4.79 Å². The van der Waals surface area contributed by atoms with Crippen LogP contribution in [0, 0.1) is 13.8 Å². The fraction of sp³-hybridized carbons (Fsp3) is 0.333. The van der Waals surface area contributed by atoms with Crippen LogP contribution < -0.4 is 10.1 Å². The van der Waals surface area contributed by atoms with E-state index >= 15 is 0 Å². The van der Waals surface area contributed by atoms with E-state index in [2.05, 4.69) is 5.32 Å². The van der Waals surface area contributed by atoms with Crippen LogP contribution in [0.1, 0.15) is 23.6 Å². The molecule has 2 N–H and O–H groups in total. The minimum absolute atomic E-state index is 0.0105. The molecule has 2 aromatic carbocycles. The van der Waals surface area contributed by atoms with E-state index in [4.69, 9.17) is 4.74 Å². The van der Waals surface area contributed by atoms with Crippen molar-refractivity contribution in [3.63, 3.8) is 0 Å². The molecule has 6 heteroatoms. The van der Waals surface area contributed by atoms with Crippen molar-refractivity contribution in [2.24, 2.45) is 0 Å². The average molecular weight is 368 g/mol. The van der Waals surface area contributed by atoms with Crippen LogP contribution >= 0.6 is 0 Å². The first-order valence-corrected chi connectivity index (χ1v) is 8.89. The minimum Gasteiger partial charge on any atom is -0.491 e. The average Bonchev–Trinajstić information content (AvgIpc) is 2.87. The third-order valence-electron chi connectivity index (χ3n) is 4.79. The minimum atomic E-state index is -1.13. The zero-order chi connectivity index (χ0) is 19.6. The van der Waals surface area contributed by atoms with E-state index in [0.717, 1.165) is 16.0 Å². The number of hydrogen-bond acceptors (Lipinski definition) is 4. The van der Waals surface area contributed by atoms with Crippen molar-refractivity contribution in [2.45, 2.75) is 32.4 Å². The molecule has 0 aliphatic carbocycles. The number of nitrogens with zero attached hydrogens (tertiary/aromatic N) is 1. The molecule has 1 aliphatic rings. The Hall–Kier alpha value is -2.86. The summed E-state index contributed by atoms with van der Waals surface area (Å²) in [5.74, 6) is 0.296. The molecule has 0 unspecified atom stereocenters. The SMILES string of the molecule is Cc1ccc(C)c(OC[C@@H](O)CN2C(=O)N[C@@](C)(c3ccccc3)C2=O)c1. The first kappa shape index (κ1) is 18.9. The molecule has 1 fully saturated rings. The summed E-state index contributed by atoms with van der Waals surface area (Å²) in [5.41, 5.74) is 1.58. The molecule has 0 saturated carbocycles. The molecule has 0 spiro atoms. The number of benzene rings is 2. The molecule has 1 saturated heterocycles. The van der Waals surface area contributed by atoms with Gasteiger partial charge in [0.2, 0.25) is 0 Å². The van der Waals surface area contributed by atoms with E-state index in [1.54, 1.807) is 19.1 Å². The summed E-state index contributed by atoms with van der Waals surface area (Å²) in [7, 11) is 0. The van der Waals surface area contributed by atoms with Gasteiger partial charge in [0.25, 0.3) is 5.91 Å². The molecule has 0 bridgehead atoms. The fourth-order valence-corrected chi connectivity index (χ4v) is 3.14. The van der Waals surface area contributed by atoms with Gasteiger partial charge in [-0.05, 0) is 43.5 Å². The van der Waals surface area contributed by atoms with Crippen LogP contribution in [0.15, 0.2) is 48.5 Å². The van der Waals surface area contributed by atoms with Gasteiger partial charge in [-0.1, -0.05) is 42.5 Å². The lowest BCUT2D eigenvalue weighted by atomic mass is 9.92. The van der Waals surface area contributed by atoms with Crippen molar-refractivity contribution < 1.29 is 19.4 Å². The molecule has 1 heterocycles. The van der Waals surface area contributed by atoms with Gasteiger partial charge in [0.1, 0.15) is 24.0 Å². The highest BCUT2D eigenvalue weighted by Gasteiger charge is 2.49. The van der Waals surface area contributed by atoms with E-state index in [9.17, 15) is 14.7 Å². The van der Waals surface area contributed by atoms with Gasteiger partial charge >= 0.3 is 6.03 Å². The second-order valence-corrected chi connectivity index (χ2v) is 7.07. The Kier molecular flexibility index (Phi) is 5.19. The van der Waals surface area contributed by atoms with Gasteiger partial charge in [-0.2, -0.15) is 0 Å². The first-order chi connectivity index (χ1) is 12.8. The largest absolute Gasteiger partial charge is 0.491 e. The normalized spacial score (nSPS) is 20.5. The highest BCUT2D eigenvalue weighted by molar-refractivity contribution is 6.07. The third-order valence-corrected chi connectivity index (χ3v) is 4.79. The monoisotopic (exact) mass is 368 g/mol. The van der Waals surface area contributed by atoms with Crippen LogP contribution in [0.25, 0.3) is 0 Å². The number of ether oxygens (including phenoxy) is 1. The number of aliphatic hydroxyl groups is 1. The van der Waals surface area contributed by atoms with Gasteiger partial charge in [0.15, 0.2) is 0 Å². The Balaban J connectivity index is 1.66. The second-order valence-electron chi connectivity index (χ2n) is 7.07. The topological polar surface area (TPSA) is 78.9 Å². The Labute approximate surface area is 158 Å². The lowest BCUT2D eigenvalue weighted by Gasteiger charge is -2.23. The van der Waals surface area contributed by atoms with Crippen LogP contribution in [0.5, 0.6) is 5.75 Å². The van der Waals surface area contributed by atoms with Crippen molar-refractivity contribution in [3.05, 3.63) is 65.2 Å². The van der Waals surface area contributed by atoms with E-state index in [1.807, 2.05) is 50.2 Å². The summed E-state index contributed by atoms with van der Waals surface area (Å²) in [6.07, 6.45) is -0.988. The van der Waals surface area contributed by atoms with Crippen LogP contribution in [-0.4, -0.2) is 41.2 Å². The van der Waals surface area contributed by atoms with Crippen molar-refractivity contribution in [1.29, 1.82) is 0 Å². The van der Waals surface area contributed by atoms with Crippen LogP contribution in [-0.2, 0) is 10.3 Å². The standard InChI is InChI=1S/C21H24N2O4/c1-14-9-10-15(2)18(11-14)27-13-17(24)12-23-19(25)21(3,22-20(23)26)16-7-5-4-6-8-16/h4-11,17,24H,12-13H2,1-3H3,(H,22,26)/t17-,21-/m0/s1. The summed E-state index contributed by atoms with van der Waals surface area (Å²) < 4.78 is 5.68. The van der Waals surface area contributed by atoms with Gasteiger partial charge in [0.05, 0.1) is 6.54 Å². The zero-order valence-electron chi connectivity index (χ0n) is 15.7. The quantitative estimate of drug-likeness (QED) is 0.768. The number of carbonyl (C=O) groups is 2. The fourth-order valence-electron chi connectivity index (χ4n) is 3.14. The molecule has 3 amide bonds. The molecule has 2 atom stereocenters. The first-order valence-electron chi connectivity index (χ1n) is 8.89. The second kappa shape index (κ2) is 7.40. The number of urea groups is 1. The summed E-state index contributed by atoms with van der Waals surface area (Å²) in [6, 6.07) is 14.4. The van der Waals surface area contributed by atoms with Crippen LogP contribution in [0.4, 0.5) is 4.79 Å². The smallest absolute Gasteiger partial charge is 0.325 e. The predicted molar refractivity (Wildman–Crippen MR) is 101 cm³/mol. The molecule has 2 aromatic rings. The highest BCUT2D eigenvalue weighted by atomic mass is 16.5. The number of aryl methyl sites for hydroxylation is 2. The highest BCUT2D eigenvalue weighted by Crippen LogP contribution is 2.28. The molecule has 27 heavy (non-hydrogen) atoms.